The highest BCUT2D eigenvalue weighted by Crippen LogP contribution is 2.32. The lowest BCUT2D eigenvalue weighted by Gasteiger charge is -2.09. The first-order valence-corrected chi connectivity index (χ1v) is 6.28. The minimum atomic E-state index is -0.801. The topological polar surface area (TPSA) is 61.1 Å². The quantitative estimate of drug-likeness (QED) is 0.867. The zero-order valence-electron chi connectivity index (χ0n) is 8.61. The average Bonchev–Trinajstić information content (AvgIpc) is 2.19. The van der Waals surface area contributed by atoms with E-state index < -0.39 is 5.97 Å². The summed E-state index contributed by atoms with van der Waals surface area (Å²) < 4.78 is 0.828. The lowest BCUT2D eigenvalue weighted by atomic mass is 10.2. The van der Waals surface area contributed by atoms with Gasteiger partial charge in [0.2, 0.25) is 0 Å². The summed E-state index contributed by atoms with van der Waals surface area (Å²) >= 11 is 4.84. The van der Waals surface area contributed by atoms with Gasteiger partial charge in [0, 0.05) is 14.6 Å². The van der Waals surface area contributed by atoms with Crippen molar-refractivity contribution in [1.82, 2.24) is 0 Å². The van der Waals surface area contributed by atoms with Gasteiger partial charge in [-0.15, -0.1) is 11.8 Å². The number of nitriles is 1. The molecule has 1 aromatic carbocycles. The lowest BCUT2D eigenvalue weighted by molar-refractivity contribution is -0.136. The summed E-state index contributed by atoms with van der Waals surface area (Å²) in [7, 11) is 0. The van der Waals surface area contributed by atoms with Crippen LogP contribution in [0.5, 0.6) is 0 Å². The molecule has 1 aromatic rings. The van der Waals surface area contributed by atoms with Crippen molar-refractivity contribution in [2.24, 2.45) is 0 Å². The predicted octanol–water partition coefficient (Wildman–Crippen LogP) is 3.28. The molecule has 0 saturated carbocycles. The molecule has 1 N–H and O–H groups in total. The second-order valence-electron chi connectivity index (χ2n) is 3.28. The van der Waals surface area contributed by atoms with Crippen molar-refractivity contribution in [3.8, 4) is 6.07 Å². The number of aliphatic carboxylic acids is 1. The summed E-state index contributed by atoms with van der Waals surface area (Å²) in [5.41, 5.74) is 0.585. The molecule has 0 saturated heterocycles. The van der Waals surface area contributed by atoms with Crippen molar-refractivity contribution in [2.75, 3.05) is 0 Å². The molecule has 3 nitrogen and oxygen atoms in total. The van der Waals surface area contributed by atoms with Crippen LogP contribution >= 0.6 is 27.7 Å². The van der Waals surface area contributed by atoms with Crippen LogP contribution in [-0.4, -0.2) is 16.3 Å². The maximum Gasteiger partial charge on any atom is 0.304 e. The molecule has 1 atom stereocenters. The van der Waals surface area contributed by atoms with Crippen molar-refractivity contribution in [3.05, 3.63) is 28.2 Å². The summed E-state index contributed by atoms with van der Waals surface area (Å²) in [6.45, 7) is 1.86. The number of hydrogen-bond acceptors (Lipinski definition) is 3. The predicted molar refractivity (Wildman–Crippen MR) is 66.4 cm³/mol. The van der Waals surface area contributed by atoms with Crippen LogP contribution in [0, 0.1) is 11.3 Å². The van der Waals surface area contributed by atoms with Crippen molar-refractivity contribution in [2.45, 2.75) is 23.5 Å². The number of benzene rings is 1. The maximum absolute atomic E-state index is 10.5. The Hall–Kier alpha value is -0.990. The van der Waals surface area contributed by atoms with E-state index >= 15 is 0 Å². The molecule has 0 spiro atoms. The van der Waals surface area contributed by atoms with Gasteiger partial charge in [-0.25, -0.2) is 0 Å². The Balaban J connectivity index is 2.75. The Kier molecular flexibility index (Phi) is 4.84. The zero-order valence-corrected chi connectivity index (χ0v) is 11.0. The van der Waals surface area contributed by atoms with E-state index in [2.05, 4.69) is 15.9 Å². The van der Waals surface area contributed by atoms with E-state index in [-0.39, 0.29) is 11.7 Å². The Bertz CT molecular complexity index is 442. The van der Waals surface area contributed by atoms with E-state index in [1.807, 2.05) is 19.1 Å². The monoisotopic (exact) mass is 299 g/mol. The molecule has 5 heteroatoms. The third-order valence-corrected chi connectivity index (χ3v) is 3.95. The van der Waals surface area contributed by atoms with Gasteiger partial charge >= 0.3 is 5.97 Å². The standard InChI is InChI=1S/C11H10BrNO2S/c1-7(4-11(14)15)16-10-3-2-8(6-13)5-9(10)12/h2-3,5,7H,4H2,1H3,(H,14,15). The minimum Gasteiger partial charge on any atom is -0.481 e. The number of carboxylic acids is 1. The number of rotatable bonds is 4. The van der Waals surface area contributed by atoms with Crippen molar-refractivity contribution in [3.63, 3.8) is 0 Å². The van der Waals surface area contributed by atoms with Gasteiger partial charge in [-0.05, 0) is 34.1 Å². The highest BCUT2D eigenvalue weighted by atomic mass is 79.9. The van der Waals surface area contributed by atoms with Gasteiger partial charge in [-0.3, -0.25) is 4.79 Å². The number of nitrogens with zero attached hydrogens (tertiary/aromatic N) is 1. The van der Waals surface area contributed by atoms with E-state index in [1.165, 1.54) is 11.8 Å². The Morgan fingerprint density at radius 1 is 1.69 bits per heavy atom. The second kappa shape index (κ2) is 5.92. The largest absolute Gasteiger partial charge is 0.481 e. The first-order chi connectivity index (χ1) is 7.52. The molecule has 0 radical (unpaired) electrons. The molecule has 84 valence electrons. The third kappa shape index (κ3) is 3.87. The highest BCUT2D eigenvalue weighted by Gasteiger charge is 2.11. The Morgan fingerprint density at radius 3 is 2.88 bits per heavy atom. The van der Waals surface area contributed by atoms with Crippen LogP contribution in [0.25, 0.3) is 0 Å². The average molecular weight is 300 g/mol. The molecule has 0 fully saturated rings. The highest BCUT2D eigenvalue weighted by molar-refractivity contribution is 9.10. The van der Waals surface area contributed by atoms with Crippen molar-refractivity contribution in [1.29, 1.82) is 5.26 Å². The summed E-state index contributed by atoms with van der Waals surface area (Å²) in [5.74, 6) is -0.801. The van der Waals surface area contributed by atoms with Gasteiger partial charge in [0.05, 0.1) is 18.1 Å². The van der Waals surface area contributed by atoms with Gasteiger partial charge in [0.15, 0.2) is 0 Å². The van der Waals surface area contributed by atoms with Gasteiger partial charge in [0.1, 0.15) is 0 Å². The molecular formula is C11H10BrNO2S. The molecule has 0 aromatic heterocycles. The number of carboxylic acid groups (broad SMARTS) is 1. The number of thioether (sulfide) groups is 1. The number of hydrogen-bond donors (Lipinski definition) is 1. The van der Waals surface area contributed by atoms with Gasteiger partial charge in [-0.2, -0.15) is 5.26 Å². The summed E-state index contributed by atoms with van der Waals surface area (Å²) in [5, 5.41) is 17.3. The molecular weight excluding hydrogens is 290 g/mol. The molecule has 16 heavy (non-hydrogen) atoms. The smallest absolute Gasteiger partial charge is 0.304 e. The minimum absolute atomic E-state index is 0.00161. The van der Waals surface area contributed by atoms with Crippen LogP contribution in [0.1, 0.15) is 18.9 Å². The molecule has 0 aliphatic heterocycles. The van der Waals surface area contributed by atoms with E-state index in [1.54, 1.807) is 12.1 Å². The molecule has 1 unspecified atom stereocenters. The summed E-state index contributed by atoms with van der Waals surface area (Å²) in [6.07, 6.45) is 0.122. The fourth-order valence-electron chi connectivity index (χ4n) is 1.17. The first kappa shape index (κ1) is 13.1. The van der Waals surface area contributed by atoms with Crippen LogP contribution in [0.3, 0.4) is 0 Å². The zero-order chi connectivity index (χ0) is 12.1. The van der Waals surface area contributed by atoms with Gasteiger partial charge in [0.25, 0.3) is 0 Å². The normalized spacial score (nSPS) is 11.8. The Morgan fingerprint density at radius 2 is 2.38 bits per heavy atom. The van der Waals surface area contributed by atoms with Crippen molar-refractivity contribution >= 4 is 33.7 Å². The van der Waals surface area contributed by atoms with Crippen LogP contribution in [0.15, 0.2) is 27.6 Å². The molecule has 0 heterocycles. The van der Waals surface area contributed by atoms with E-state index in [4.69, 9.17) is 10.4 Å². The van der Waals surface area contributed by atoms with Gasteiger partial charge in [-0.1, -0.05) is 6.92 Å². The van der Waals surface area contributed by atoms with Crippen molar-refractivity contribution < 1.29 is 9.90 Å². The van der Waals surface area contributed by atoms with Crippen LogP contribution in [-0.2, 0) is 4.79 Å². The second-order valence-corrected chi connectivity index (χ2v) is 5.62. The first-order valence-electron chi connectivity index (χ1n) is 4.61. The summed E-state index contributed by atoms with van der Waals surface area (Å²) in [6, 6.07) is 7.33. The number of halogens is 1. The molecule has 0 amide bonds. The van der Waals surface area contributed by atoms with E-state index in [0.717, 1.165) is 9.37 Å². The van der Waals surface area contributed by atoms with Crippen LogP contribution in [0.2, 0.25) is 0 Å². The molecule has 0 aliphatic carbocycles. The van der Waals surface area contributed by atoms with Crippen LogP contribution < -0.4 is 0 Å². The Labute approximate surface area is 107 Å². The van der Waals surface area contributed by atoms with Crippen LogP contribution in [0.4, 0.5) is 0 Å². The fourth-order valence-corrected chi connectivity index (χ4v) is 2.81. The maximum atomic E-state index is 10.5. The third-order valence-electron chi connectivity index (χ3n) is 1.85. The fraction of sp³-hybridized carbons (Fsp3) is 0.273. The van der Waals surface area contributed by atoms with Gasteiger partial charge < -0.3 is 5.11 Å². The molecule has 0 aliphatic rings. The number of carbonyl (C=O) groups is 1. The lowest BCUT2D eigenvalue weighted by Crippen LogP contribution is -2.05. The van der Waals surface area contributed by atoms with E-state index in [9.17, 15) is 4.79 Å². The SMILES string of the molecule is CC(CC(=O)O)Sc1ccc(C#N)cc1Br. The summed E-state index contributed by atoms with van der Waals surface area (Å²) in [4.78, 5) is 11.5. The molecule has 0 bridgehead atoms. The molecule has 1 rings (SSSR count). The van der Waals surface area contributed by atoms with E-state index in [0.29, 0.717) is 5.56 Å².